The zero-order chi connectivity index (χ0) is 17.6. The van der Waals surface area contributed by atoms with Gasteiger partial charge in [0.25, 0.3) is 0 Å². The molecule has 0 N–H and O–H groups in total. The van der Waals surface area contributed by atoms with Gasteiger partial charge in [0.05, 0.1) is 13.2 Å². The molecule has 6 nitrogen and oxygen atoms in total. The molecule has 130 valence electrons. The van der Waals surface area contributed by atoms with Gasteiger partial charge in [-0.05, 0) is 52.3 Å². The summed E-state index contributed by atoms with van der Waals surface area (Å²) in [4.78, 5) is 23.9. The first-order chi connectivity index (χ1) is 12.1. The lowest BCUT2D eigenvalue weighted by Crippen LogP contribution is -2.12. The van der Waals surface area contributed by atoms with Crippen molar-refractivity contribution in [2.24, 2.45) is 0 Å². The van der Waals surface area contributed by atoms with Crippen molar-refractivity contribution in [3.05, 3.63) is 52.4 Å². The first kappa shape index (κ1) is 17.3. The summed E-state index contributed by atoms with van der Waals surface area (Å²) in [5.74, 6) is 0.683. The van der Waals surface area contributed by atoms with Crippen molar-refractivity contribution in [3.8, 4) is 11.5 Å². The van der Waals surface area contributed by atoms with Crippen LogP contribution in [0.5, 0.6) is 11.5 Å². The maximum absolute atomic E-state index is 12.2. The molecule has 3 rings (SSSR count). The Morgan fingerprint density at radius 3 is 2.68 bits per heavy atom. The highest BCUT2D eigenvalue weighted by Crippen LogP contribution is 2.30. The average molecular weight is 407 g/mol. The van der Waals surface area contributed by atoms with E-state index in [-0.39, 0.29) is 12.4 Å². The number of esters is 1. The lowest BCUT2D eigenvalue weighted by molar-refractivity contribution is -0.136. The van der Waals surface area contributed by atoms with E-state index in [9.17, 15) is 9.59 Å². The van der Waals surface area contributed by atoms with Gasteiger partial charge in [-0.1, -0.05) is 0 Å². The molecule has 0 saturated heterocycles. The number of ketones is 1. The summed E-state index contributed by atoms with van der Waals surface area (Å²) in [6, 6.07) is 8.31. The van der Waals surface area contributed by atoms with Crippen LogP contribution in [0.15, 0.2) is 45.5 Å². The van der Waals surface area contributed by atoms with Crippen molar-refractivity contribution in [1.82, 2.24) is 0 Å². The highest BCUT2D eigenvalue weighted by molar-refractivity contribution is 9.10. The Bertz CT molecular complexity index is 808. The second-order valence-corrected chi connectivity index (χ2v) is 6.00. The van der Waals surface area contributed by atoms with Crippen LogP contribution in [0.2, 0.25) is 0 Å². The van der Waals surface area contributed by atoms with Crippen molar-refractivity contribution < 1.29 is 28.2 Å². The normalized spacial score (nSPS) is 13.5. The molecular formula is C18H15BrO6. The van der Waals surface area contributed by atoms with Crippen LogP contribution in [-0.4, -0.2) is 31.6 Å². The second-order valence-electron chi connectivity index (χ2n) is 5.22. The molecule has 0 bridgehead atoms. The summed E-state index contributed by atoms with van der Waals surface area (Å²) < 4.78 is 21.8. The topological polar surface area (TPSA) is 75.0 Å². The minimum absolute atomic E-state index is 0.321. The van der Waals surface area contributed by atoms with Crippen molar-refractivity contribution in [2.75, 3.05) is 19.8 Å². The Morgan fingerprint density at radius 1 is 1.12 bits per heavy atom. The number of carbonyl (C=O) groups excluding carboxylic acids is 2. The van der Waals surface area contributed by atoms with E-state index >= 15 is 0 Å². The number of hydrogen-bond donors (Lipinski definition) is 0. The third kappa shape index (κ3) is 4.73. The van der Waals surface area contributed by atoms with Gasteiger partial charge in [-0.3, -0.25) is 4.79 Å². The van der Waals surface area contributed by atoms with Crippen molar-refractivity contribution >= 4 is 33.8 Å². The van der Waals surface area contributed by atoms with E-state index in [2.05, 4.69) is 15.9 Å². The summed E-state index contributed by atoms with van der Waals surface area (Å²) in [6.45, 7) is 0.758. The summed E-state index contributed by atoms with van der Waals surface area (Å²) >= 11 is 3.17. The van der Waals surface area contributed by atoms with E-state index in [1.165, 1.54) is 12.2 Å². The fourth-order valence-electron chi connectivity index (χ4n) is 2.17. The van der Waals surface area contributed by atoms with Gasteiger partial charge >= 0.3 is 5.97 Å². The predicted octanol–water partition coefficient (Wildman–Crippen LogP) is 3.64. The van der Waals surface area contributed by atoms with Crippen LogP contribution in [0.3, 0.4) is 0 Å². The standard InChI is InChI=1S/C18H15BrO6/c19-17-6-3-13(25-17)4-7-18(21)24-11-14(20)12-2-5-15-16(10-12)23-9-1-8-22-15/h2-7,10H,1,8-9,11H2/b7-4+. The molecule has 1 aliphatic heterocycles. The summed E-state index contributed by atoms with van der Waals surface area (Å²) in [5.41, 5.74) is 0.399. The Morgan fingerprint density at radius 2 is 1.92 bits per heavy atom. The van der Waals surface area contributed by atoms with E-state index in [4.69, 9.17) is 18.6 Å². The van der Waals surface area contributed by atoms with Crippen molar-refractivity contribution in [2.45, 2.75) is 6.42 Å². The summed E-state index contributed by atoms with van der Waals surface area (Å²) in [5, 5.41) is 0. The maximum Gasteiger partial charge on any atom is 0.331 e. The van der Waals surface area contributed by atoms with Crippen LogP contribution in [-0.2, 0) is 9.53 Å². The number of benzene rings is 1. The van der Waals surface area contributed by atoms with E-state index in [1.54, 1.807) is 30.3 Å². The molecule has 0 radical (unpaired) electrons. The smallest absolute Gasteiger partial charge is 0.331 e. The Kier molecular flexibility index (Phi) is 5.55. The lowest BCUT2D eigenvalue weighted by atomic mass is 10.1. The van der Waals surface area contributed by atoms with Crippen molar-refractivity contribution in [1.29, 1.82) is 0 Å². The predicted molar refractivity (Wildman–Crippen MR) is 92.8 cm³/mol. The van der Waals surface area contributed by atoms with E-state index in [0.717, 1.165) is 6.42 Å². The average Bonchev–Trinajstić information content (AvgIpc) is 2.89. The number of fused-ring (bicyclic) bond motifs is 1. The van der Waals surface area contributed by atoms with Crippen molar-refractivity contribution in [3.63, 3.8) is 0 Å². The summed E-state index contributed by atoms with van der Waals surface area (Å²) in [6.07, 6.45) is 3.45. The first-order valence-electron chi connectivity index (χ1n) is 7.65. The zero-order valence-corrected chi connectivity index (χ0v) is 14.8. The first-order valence-corrected chi connectivity index (χ1v) is 8.44. The Labute approximate surface area is 152 Å². The quantitative estimate of drug-likeness (QED) is 0.428. The van der Waals surface area contributed by atoms with E-state index in [0.29, 0.717) is 40.7 Å². The fourth-order valence-corrected chi connectivity index (χ4v) is 2.49. The molecule has 0 aliphatic carbocycles. The van der Waals surface area contributed by atoms with Crippen LogP contribution in [0.25, 0.3) is 6.08 Å². The van der Waals surface area contributed by atoms with Crippen LogP contribution >= 0.6 is 15.9 Å². The molecular weight excluding hydrogens is 392 g/mol. The third-order valence-corrected chi connectivity index (χ3v) is 3.82. The molecule has 2 aromatic rings. The Hall–Kier alpha value is -2.54. The molecule has 0 unspecified atom stereocenters. The number of furan rings is 1. The largest absolute Gasteiger partial charge is 0.490 e. The molecule has 0 atom stereocenters. The molecule has 1 aliphatic rings. The van der Waals surface area contributed by atoms with Gasteiger partial charge < -0.3 is 18.6 Å². The van der Waals surface area contributed by atoms with Crippen LogP contribution in [0.1, 0.15) is 22.5 Å². The zero-order valence-electron chi connectivity index (χ0n) is 13.2. The number of halogens is 1. The number of carbonyl (C=O) groups is 2. The highest BCUT2D eigenvalue weighted by Gasteiger charge is 2.15. The van der Waals surface area contributed by atoms with Gasteiger partial charge in [0, 0.05) is 18.1 Å². The maximum atomic E-state index is 12.2. The van der Waals surface area contributed by atoms with Gasteiger partial charge in [-0.25, -0.2) is 4.79 Å². The molecule has 1 aromatic heterocycles. The number of rotatable bonds is 5. The molecule has 0 spiro atoms. The van der Waals surface area contributed by atoms with Gasteiger partial charge in [0.15, 0.2) is 28.6 Å². The SMILES string of the molecule is O=C(/C=C/c1ccc(Br)o1)OCC(=O)c1ccc2c(c1)OCCCO2. The van der Waals surface area contributed by atoms with Crippen LogP contribution in [0.4, 0.5) is 0 Å². The third-order valence-electron chi connectivity index (χ3n) is 3.39. The molecule has 0 fully saturated rings. The van der Waals surface area contributed by atoms with Gasteiger partial charge in [0.1, 0.15) is 5.76 Å². The number of Topliss-reactive ketones (excluding diaryl/α,β-unsaturated/α-hetero) is 1. The molecule has 0 saturated carbocycles. The van der Waals surface area contributed by atoms with Gasteiger partial charge in [-0.15, -0.1) is 0 Å². The van der Waals surface area contributed by atoms with E-state index < -0.39 is 5.97 Å². The Balaban J connectivity index is 1.56. The van der Waals surface area contributed by atoms with Crippen LogP contribution in [0, 0.1) is 0 Å². The summed E-state index contributed by atoms with van der Waals surface area (Å²) in [7, 11) is 0. The highest BCUT2D eigenvalue weighted by atomic mass is 79.9. The molecule has 1 aromatic carbocycles. The van der Waals surface area contributed by atoms with Gasteiger partial charge in [-0.2, -0.15) is 0 Å². The minimum atomic E-state index is -0.629. The number of ether oxygens (including phenoxy) is 3. The molecule has 0 amide bonds. The lowest BCUT2D eigenvalue weighted by Gasteiger charge is -2.08. The molecule has 7 heteroatoms. The number of hydrogen-bond acceptors (Lipinski definition) is 6. The fraction of sp³-hybridized carbons (Fsp3) is 0.222. The monoisotopic (exact) mass is 406 g/mol. The molecule has 25 heavy (non-hydrogen) atoms. The van der Waals surface area contributed by atoms with Gasteiger partial charge in [0.2, 0.25) is 0 Å². The van der Waals surface area contributed by atoms with Crippen LogP contribution < -0.4 is 9.47 Å². The van der Waals surface area contributed by atoms with E-state index in [1.807, 2.05) is 0 Å². The second kappa shape index (κ2) is 8.02. The minimum Gasteiger partial charge on any atom is -0.490 e. The molecule has 2 heterocycles.